The standard InChI is InChI=1S/C8H11NO3/c1-3-12-8(11)4-7(5-9)6(2)10/h7H,3-4H2,1-2H3. The van der Waals surface area contributed by atoms with Gasteiger partial charge in [-0.15, -0.1) is 0 Å². The highest BCUT2D eigenvalue weighted by Crippen LogP contribution is 2.04. The lowest BCUT2D eigenvalue weighted by Gasteiger charge is -2.03. The van der Waals surface area contributed by atoms with Gasteiger partial charge in [-0.05, 0) is 13.8 Å². The largest absolute Gasteiger partial charge is 0.466 e. The van der Waals surface area contributed by atoms with E-state index in [2.05, 4.69) is 4.74 Å². The monoisotopic (exact) mass is 169 g/mol. The predicted octanol–water partition coefficient (Wildman–Crippen LogP) is 0.668. The molecule has 0 saturated carbocycles. The van der Waals surface area contributed by atoms with Gasteiger partial charge in [0, 0.05) is 0 Å². The highest BCUT2D eigenvalue weighted by molar-refractivity contribution is 5.85. The van der Waals surface area contributed by atoms with Crippen LogP contribution in [0.25, 0.3) is 0 Å². The summed E-state index contributed by atoms with van der Waals surface area (Å²) in [6.45, 7) is 3.23. The molecule has 0 aliphatic heterocycles. The molecule has 0 aliphatic carbocycles. The third-order valence-electron chi connectivity index (χ3n) is 1.32. The van der Waals surface area contributed by atoms with Crippen LogP contribution in [0.15, 0.2) is 0 Å². The Balaban J connectivity index is 3.97. The van der Waals surface area contributed by atoms with Gasteiger partial charge in [-0.25, -0.2) is 0 Å². The Kier molecular flexibility index (Phi) is 4.70. The zero-order valence-corrected chi connectivity index (χ0v) is 7.16. The highest BCUT2D eigenvalue weighted by atomic mass is 16.5. The minimum atomic E-state index is -0.857. The summed E-state index contributed by atoms with van der Waals surface area (Å²) in [6.07, 6.45) is -0.139. The normalized spacial score (nSPS) is 11.4. The van der Waals surface area contributed by atoms with Gasteiger partial charge in [-0.3, -0.25) is 9.59 Å². The molecule has 0 rings (SSSR count). The van der Waals surface area contributed by atoms with Crippen molar-refractivity contribution in [1.29, 1.82) is 5.26 Å². The van der Waals surface area contributed by atoms with Crippen molar-refractivity contribution in [3.63, 3.8) is 0 Å². The van der Waals surface area contributed by atoms with Gasteiger partial charge in [-0.2, -0.15) is 5.26 Å². The lowest BCUT2D eigenvalue weighted by molar-refractivity contribution is -0.145. The maximum Gasteiger partial charge on any atom is 0.307 e. The summed E-state index contributed by atoms with van der Waals surface area (Å²) < 4.78 is 4.58. The number of ether oxygens (including phenoxy) is 1. The van der Waals surface area contributed by atoms with E-state index in [9.17, 15) is 9.59 Å². The summed E-state index contributed by atoms with van der Waals surface area (Å²) in [5.74, 6) is -1.66. The number of ketones is 1. The molecule has 0 radical (unpaired) electrons. The maximum absolute atomic E-state index is 10.8. The van der Waals surface area contributed by atoms with Crippen LogP contribution >= 0.6 is 0 Å². The summed E-state index contributed by atoms with van der Waals surface area (Å²) in [5.41, 5.74) is 0. The van der Waals surface area contributed by atoms with Crippen LogP contribution in [0.2, 0.25) is 0 Å². The summed E-state index contributed by atoms with van der Waals surface area (Å²) in [4.78, 5) is 21.5. The third kappa shape index (κ3) is 3.71. The van der Waals surface area contributed by atoms with E-state index < -0.39 is 11.9 Å². The Morgan fingerprint density at radius 1 is 1.58 bits per heavy atom. The quantitative estimate of drug-likeness (QED) is 0.580. The van der Waals surface area contributed by atoms with Gasteiger partial charge in [0.1, 0.15) is 11.7 Å². The SMILES string of the molecule is CCOC(=O)CC(C#N)C(C)=O. The first-order valence-electron chi connectivity index (χ1n) is 3.67. The smallest absolute Gasteiger partial charge is 0.307 e. The topological polar surface area (TPSA) is 67.2 Å². The number of carbonyl (C=O) groups excluding carboxylic acids is 2. The predicted molar refractivity (Wildman–Crippen MR) is 41.0 cm³/mol. The minimum Gasteiger partial charge on any atom is -0.466 e. The third-order valence-corrected chi connectivity index (χ3v) is 1.32. The van der Waals surface area contributed by atoms with Crippen molar-refractivity contribution >= 4 is 11.8 Å². The fourth-order valence-corrected chi connectivity index (χ4v) is 0.667. The molecule has 12 heavy (non-hydrogen) atoms. The molecule has 0 N–H and O–H groups in total. The van der Waals surface area contributed by atoms with E-state index in [1.165, 1.54) is 6.92 Å². The van der Waals surface area contributed by atoms with E-state index >= 15 is 0 Å². The van der Waals surface area contributed by atoms with E-state index in [4.69, 9.17) is 5.26 Å². The number of rotatable bonds is 4. The lowest BCUT2D eigenvalue weighted by Crippen LogP contribution is -2.15. The van der Waals surface area contributed by atoms with Crippen LogP contribution in [0.4, 0.5) is 0 Å². The fourth-order valence-electron chi connectivity index (χ4n) is 0.667. The van der Waals surface area contributed by atoms with Gasteiger partial charge in [0.2, 0.25) is 0 Å². The molecule has 0 aromatic rings. The van der Waals surface area contributed by atoms with Crippen molar-refractivity contribution in [2.45, 2.75) is 20.3 Å². The molecule has 0 saturated heterocycles. The molecule has 0 bridgehead atoms. The van der Waals surface area contributed by atoms with Crippen molar-refractivity contribution in [2.75, 3.05) is 6.61 Å². The second kappa shape index (κ2) is 5.30. The summed E-state index contributed by atoms with van der Waals surface area (Å²) >= 11 is 0. The van der Waals surface area contributed by atoms with Gasteiger partial charge in [0.25, 0.3) is 0 Å². The van der Waals surface area contributed by atoms with Crippen LogP contribution in [0.1, 0.15) is 20.3 Å². The molecule has 1 unspecified atom stereocenters. The van der Waals surface area contributed by atoms with Gasteiger partial charge < -0.3 is 4.74 Å². The summed E-state index contributed by atoms with van der Waals surface area (Å²) in [7, 11) is 0. The fraction of sp³-hybridized carbons (Fsp3) is 0.625. The summed E-state index contributed by atoms with van der Waals surface area (Å²) in [6, 6.07) is 1.74. The molecule has 1 atom stereocenters. The zero-order valence-electron chi connectivity index (χ0n) is 7.16. The van der Waals surface area contributed by atoms with E-state index in [-0.39, 0.29) is 18.8 Å². The van der Waals surface area contributed by atoms with Crippen molar-refractivity contribution in [3.8, 4) is 6.07 Å². The van der Waals surface area contributed by atoms with E-state index in [0.29, 0.717) is 0 Å². The Hall–Kier alpha value is -1.37. The van der Waals surface area contributed by atoms with Crippen molar-refractivity contribution < 1.29 is 14.3 Å². The Bertz CT molecular complexity index is 217. The lowest BCUT2D eigenvalue weighted by atomic mass is 10.0. The van der Waals surface area contributed by atoms with Crippen LogP contribution in [0.3, 0.4) is 0 Å². The van der Waals surface area contributed by atoms with Crippen LogP contribution in [-0.4, -0.2) is 18.4 Å². The van der Waals surface area contributed by atoms with Crippen molar-refractivity contribution in [2.24, 2.45) is 5.92 Å². The average Bonchev–Trinajstić information content (AvgIpc) is 2.00. The Morgan fingerprint density at radius 2 is 2.17 bits per heavy atom. The number of esters is 1. The molecule has 4 heteroatoms. The molecular formula is C8H11NO3. The van der Waals surface area contributed by atoms with E-state index in [0.717, 1.165) is 0 Å². The number of carbonyl (C=O) groups is 2. The van der Waals surface area contributed by atoms with Gasteiger partial charge >= 0.3 is 5.97 Å². The first-order chi connectivity index (χ1) is 5.61. The minimum absolute atomic E-state index is 0.139. The number of Topliss-reactive ketones (excluding diaryl/α,β-unsaturated/α-hetero) is 1. The molecule has 4 nitrogen and oxygen atoms in total. The Morgan fingerprint density at radius 3 is 2.50 bits per heavy atom. The molecular weight excluding hydrogens is 158 g/mol. The van der Waals surface area contributed by atoms with E-state index in [1.807, 2.05) is 0 Å². The molecule has 0 heterocycles. The van der Waals surface area contributed by atoms with Crippen LogP contribution in [0, 0.1) is 17.2 Å². The number of nitriles is 1. The van der Waals surface area contributed by atoms with Crippen molar-refractivity contribution in [1.82, 2.24) is 0 Å². The molecule has 0 aliphatic rings. The van der Waals surface area contributed by atoms with Crippen LogP contribution in [-0.2, 0) is 14.3 Å². The van der Waals surface area contributed by atoms with E-state index in [1.54, 1.807) is 13.0 Å². The maximum atomic E-state index is 10.8. The van der Waals surface area contributed by atoms with Gasteiger partial charge in [0.15, 0.2) is 0 Å². The first kappa shape index (κ1) is 10.6. The Labute approximate surface area is 71.1 Å². The first-order valence-corrected chi connectivity index (χ1v) is 3.67. The summed E-state index contributed by atoms with van der Waals surface area (Å²) in [5, 5.41) is 8.43. The zero-order chi connectivity index (χ0) is 9.56. The van der Waals surface area contributed by atoms with Gasteiger partial charge in [0.05, 0.1) is 19.1 Å². The average molecular weight is 169 g/mol. The second-order valence-corrected chi connectivity index (χ2v) is 2.30. The molecule has 0 aromatic carbocycles. The van der Waals surface area contributed by atoms with Crippen LogP contribution < -0.4 is 0 Å². The molecule has 0 amide bonds. The molecule has 0 aromatic heterocycles. The number of hydrogen-bond donors (Lipinski definition) is 0. The number of nitrogens with zero attached hydrogens (tertiary/aromatic N) is 1. The van der Waals surface area contributed by atoms with Crippen LogP contribution in [0.5, 0.6) is 0 Å². The number of hydrogen-bond acceptors (Lipinski definition) is 4. The second-order valence-electron chi connectivity index (χ2n) is 2.30. The molecule has 0 fully saturated rings. The van der Waals surface area contributed by atoms with Crippen molar-refractivity contribution in [3.05, 3.63) is 0 Å². The highest BCUT2D eigenvalue weighted by Gasteiger charge is 2.17. The van der Waals surface area contributed by atoms with Gasteiger partial charge in [-0.1, -0.05) is 0 Å². The molecule has 0 spiro atoms. The molecule has 66 valence electrons.